The quantitative estimate of drug-likeness (QED) is 0.203. The molecule has 7 aromatic carbocycles. The van der Waals surface area contributed by atoms with Crippen molar-refractivity contribution in [2.24, 2.45) is 9.98 Å². The third-order valence-electron chi connectivity index (χ3n) is 9.66. The molecule has 3 heterocycles. The van der Waals surface area contributed by atoms with Crippen LogP contribution in [0.1, 0.15) is 22.9 Å². The lowest BCUT2D eigenvalue weighted by atomic mass is 10.0. The first-order chi connectivity index (χ1) is 24.8. The third-order valence-corrected chi connectivity index (χ3v) is 9.66. The monoisotopic (exact) mass is 642 g/mol. The molecule has 236 valence electrons. The zero-order valence-corrected chi connectivity index (χ0v) is 27.0. The molecule has 0 aliphatic carbocycles. The molecular formula is C45H30N4O. The Morgan fingerprint density at radius 3 is 1.94 bits per heavy atom. The molecule has 5 nitrogen and oxygen atoms in total. The lowest BCUT2D eigenvalue weighted by Gasteiger charge is -2.24. The molecule has 1 aliphatic rings. The highest BCUT2D eigenvalue weighted by Gasteiger charge is 2.24. The van der Waals surface area contributed by atoms with E-state index >= 15 is 0 Å². The number of rotatable bonds is 5. The van der Waals surface area contributed by atoms with Crippen molar-refractivity contribution in [1.82, 2.24) is 9.88 Å². The molecule has 1 unspecified atom stereocenters. The summed E-state index contributed by atoms with van der Waals surface area (Å²) >= 11 is 0. The molecule has 1 N–H and O–H groups in total. The van der Waals surface area contributed by atoms with Gasteiger partial charge in [-0.2, -0.15) is 0 Å². The number of benzene rings is 7. The van der Waals surface area contributed by atoms with Gasteiger partial charge in [0.15, 0.2) is 5.84 Å². The Labute approximate surface area is 288 Å². The summed E-state index contributed by atoms with van der Waals surface area (Å²) in [5.41, 5.74) is 10.3. The topological polar surface area (TPSA) is 54.8 Å². The summed E-state index contributed by atoms with van der Waals surface area (Å²) in [5.74, 6) is 1.44. The Bertz CT molecular complexity index is 2740. The van der Waals surface area contributed by atoms with Crippen LogP contribution in [0.25, 0.3) is 60.6 Å². The van der Waals surface area contributed by atoms with Gasteiger partial charge in [-0.05, 0) is 59.2 Å². The first-order valence-corrected chi connectivity index (χ1v) is 16.9. The van der Waals surface area contributed by atoms with Crippen molar-refractivity contribution >= 4 is 55.4 Å². The van der Waals surface area contributed by atoms with E-state index in [0.29, 0.717) is 5.84 Å². The fourth-order valence-electron chi connectivity index (χ4n) is 7.34. The van der Waals surface area contributed by atoms with Crippen molar-refractivity contribution in [3.05, 3.63) is 187 Å². The van der Waals surface area contributed by atoms with Crippen LogP contribution >= 0.6 is 0 Å². The molecule has 1 aliphatic heterocycles. The molecule has 0 fully saturated rings. The summed E-state index contributed by atoms with van der Waals surface area (Å²) in [7, 11) is 0. The van der Waals surface area contributed by atoms with E-state index in [-0.39, 0.29) is 6.17 Å². The lowest BCUT2D eigenvalue weighted by molar-refractivity contribution is 0.668. The molecule has 2 aromatic heterocycles. The number of furan rings is 1. The van der Waals surface area contributed by atoms with Crippen molar-refractivity contribution in [1.29, 1.82) is 0 Å². The van der Waals surface area contributed by atoms with Gasteiger partial charge in [0.05, 0.1) is 11.0 Å². The van der Waals surface area contributed by atoms with Gasteiger partial charge >= 0.3 is 0 Å². The first-order valence-electron chi connectivity index (χ1n) is 16.9. The highest BCUT2D eigenvalue weighted by atomic mass is 16.3. The number of nitrogens with one attached hydrogen (secondary N) is 1. The summed E-state index contributed by atoms with van der Waals surface area (Å²) in [5, 5.41) is 8.13. The summed E-state index contributed by atoms with van der Waals surface area (Å²) in [6.07, 6.45) is -0.344. The van der Waals surface area contributed by atoms with E-state index in [1.54, 1.807) is 0 Å². The Hall–Kier alpha value is -6.72. The number of aromatic nitrogens is 1. The normalized spacial score (nSPS) is 14.6. The maximum Gasteiger partial charge on any atom is 0.160 e. The van der Waals surface area contributed by atoms with Gasteiger partial charge in [0.1, 0.15) is 23.2 Å². The zero-order valence-electron chi connectivity index (χ0n) is 27.0. The molecule has 0 spiro atoms. The van der Waals surface area contributed by atoms with Gasteiger partial charge in [-0.15, -0.1) is 0 Å². The van der Waals surface area contributed by atoms with Gasteiger partial charge in [-0.3, -0.25) is 0 Å². The minimum atomic E-state index is -0.344. The smallest absolute Gasteiger partial charge is 0.160 e. The fourth-order valence-corrected chi connectivity index (χ4v) is 7.34. The average molecular weight is 643 g/mol. The molecule has 50 heavy (non-hydrogen) atoms. The Morgan fingerprint density at radius 2 is 1.18 bits per heavy atom. The van der Waals surface area contributed by atoms with Crippen LogP contribution < -0.4 is 5.32 Å². The van der Waals surface area contributed by atoms with Crippen LogP contribution in [-0.2, 0) is 0 Å². The number of para-hydroxylation sites is 2. The van der Waals surface area contributed by atoms with Crippen molar-refractivity contribution in [2.45, 2.75) is 6.17 Å². The fraction of sp³-hybridized carbons (Fsp3) is 0.0222. The van der Waals surface area contributed by atoms with Gasteiger partial charge in [0.2, 0.25) is 0 Å². The molecule has 1 atom stereocenters. The minimum absolute atomic E-state index is 0.344. The molecule has 10 rings (SSSR count). The van der Waals surface area contributed by atoms with E-state index in [9.17, 15) is 0 Å². The predicted molar refractivity (Wildman–Crippen MR) is 205 cm³/mol. The number of hydrogen-bond donors (Lipinski definition) is 1. The maximum absolute atomic E-state index is 6.49. The largest absolute Gasteiger partial charge is 0.456 e. The molecule has 5 heteroatoms. The second-order valence-corrected chi connectivity index (χ2v) is 12.6. The summed E-state index contributed by atoms with van der Waals surface area (Å²) < 4.78 is 8.83. The van der Waals surface area contributed by atoms with E-state index in [1.165, 1.54) is 27.4 Å². The first kappa shape index (κ1) is 28.3. The highest BCUT2D eigenvalue weighted by Crippen LogP contribution is 2.37. The van der Waals surface area contributed by atoms with E-state index in [0.717, 1.165) is 55.7 Å². The van der Waals surface area contributed by atoms with Crippen LogP contribution in [0.3, 0.4) is 0 Å². The van der Waals surface area contributed by atoms with Gasteiger partial charge in [-0.1, -0.05) is 127 Å². The summed E-state index contributed by atoms with van der Waals surface area (Å²) in [6.45, 7) is 0. The van der Waals surface area contributed by atoms with Crippen LogP contribution in [0.5, 0.6) is 0 Å². The van der Waals surface area contributed by atoms with E-state index in [1.807, 2.05) is 36.4 Å². The average Bonchev–Trinajstić information content (AvgIpc) is 3.74. The predicted octanol–water partition coefficient (Wildman–Crippen LogP) is 10.8. The summed E-state index contributed by atoms with van der Waals surface area (Å²) in [6, 6.07) is 59.1. The molecule has 0 radical (unpaired) electrons. The Kier molecular flexibility index (Phi) is 6.49. The minimum Gasteiger partial charge on any atom is -0.456 e. The Morgan fingerprint density at radius 1 is 0.520 bits per heavy atom. The van der Waals surface area contributed by atoms with Crippen LogP contribution in [0, 0.1) is 0 Å². The number of amidine groups is 2. The Balaban J connectivity index is 1.17. The number of hydrogen-bond acceptors (Lipinski definition) is 4. The van der Waals surface area contributed by atoms with Gasteiger partial charge in [0, 0.05) is 38.4 Å². The molecule has 0 saturated carbocycles. The second kappa shape index (κ2) is 11.5. The number of aliphatic imine (C=N–C) groups is 2. The molecule has 9 aromatic rings. The third kappa shape index (κ3) is 4.63. The number of nitrogens with zero attached hydrogens (tertiary/aromatic N) is 3. The van der Waals surface area contributed by atoms with Crippen LogP contribution in [-0.4, -0.2) is 16.2 Å². The number of fused-ring (bicyclic) bond motifs is 6. The molecule has 0 saturated heterocycles. The molecule has 0 amide bonds. The van der Waals surface area contributed by atoms with E-state index in [4.69, 9.17) is 14.4 Å². The zero-order chi connectivity index (χ0) is 33.0. The molecule has 0 bridgehead atoms. The van der Waals surface area contributed by atoms with E-state index < -0.39 is 0 Å². The van der Waals surface area contributed by atoms with E-state index in [2.05, 4.69) is 143 Å². The molecular weight excluding hydrogens is 613 g/mol. The van der Waals surface area contributed by atoms with Gasteiger partial charge < -0.3 is 14.3 Å². The second-order valence-electron chi connectivity index (χ2n) is 12.6. The maximum atomic E-state index is 6.49. The SMILES string of the molecule is c1ccc(C2=NC(c3cccc4oc5ccc(-n6c7ccccc7c7ccccc76)cc5c34)=NC(c3cccc(-c4ccccc4)c3)N2)cc1. The van der Waals surface area contributed by atoms with Crippen molar-refractivity contribution in [3.8, 4) is 16.8 Å². The van der Waals surface area contributed by atoms with Gasteiger partial charge in [0.25, 0.3) is 0 Å². The highest BCUT2D eigenvalue weighted by molar-refractivity contribution is 6.22. The van der Waals surface area contributed by atoms with Crippen LogP contribution in [0.4, 0.5) is 0 Å². The summed E-state index contributed by atoms with van der Waals surface area (Å²) in [4.78, 5) is 10.5. The van der Waals surface area contributed by atoms with Crippen molar-refractivity contribution in [3.63, 3.8) is 0 Å². The van der Waals surface area contributed by atoms with Gasteiger partial charge in [-0.25, -0.2) is 9.98 Å². The standard InChI is InChI=1S/C45H30N4O/c1-3-13-29(14-4-1)31-17-11-18-32(27-31)44-46-43(30-15-5-2-6-16-30)47-45(48-44)36-21-12-24-41-42(36)37-28-33(25-26-40(37)50-41)49-38-22-9-7-19-34(38)35-20-8-10-23-39(35)49/h1-28,44H,(H,46,47,48). The van der Waals surface area contributed by atoms with Crippen LogP contribution in [0.15, 0.2) is 184 Å². The van der Waals surface area contributed by atoms with Crippen molar-refractivity contribution in [2.75, 3.05) is 0 Å². The van der Waals surface area contributed by atoms with Crippen LogP contribution in [0.2, 0.25) is 0 Å². The van der Waals surface area contributed by atoms with Crippen molar-refractivity contribution < 1.29 is 4.42 Å². The lowest BCUT2D eigenvalue weighted by Crippen LogP contribution is -2.33.